The van der Waals surface area contributed by atoms with E-state index in [9.17, 15) is 9.59 Å². The zero-order chi connectivity index (χ0) is 15.7. The highest BCUT2D eigenvalue weighted by atomic mass is 16.6. The lowest BCUT2D eigenvalue weighted by Crippen LogP contribution is -2.39. The maximum Gasteiger partial charge on any atom is 0.405 e. The number of nitrogens with one attached hydrogen (secondary N) is 1. The van der Waals surface area contributed by atoms with Crippen LogP contribution in [0, 0.1) is 0 Å². The van der Waals surface area contributed by atoms with Gasteiger partial charge < -0.3 is 26.3 Å². The van der Waals surface area contributed by atoms with Crippen molar-refractivity contribution in [2.24, 2.45) is 11.5 Å². The minimum atomic E-state index is -0.839. The minimum absolute atomic E-state index is 0.0540. The van der Waals surface area contributed by atoms with Gasteiger partial charge in [-0.15, -0.1) is 0 Å². The van der Waals surface area contributed by atoms with Crippen LogP contribution in [0.1, 0.15) is 25.0 Å². The average molecular weight is 295 g/mol. The van der Waals surface area contributed by atoms with E-state index in [0.29, 0.717) is 13.0 Å². The molecule has 0 fully saturated rings. The van der Waals surface area contributed by atoms with Crippen LogP contribution in [0.3, 0.4) is 0 Å². The zero-order valence-corrected chi connectivity index (χ0v) is 12.0. The highest BCUT2D eigenvalue weighted by molar-refractivity contribution is 5.80. The van der Waals surface area contributed by atoms with Gasteiger partial charge in [0.25, 0.3) is 0 Å². The van der Waals surface area contributed by atoms with Crippen molar-refractivity contribution in [2.45, 2.75) is 25.5 Å². The molecule has 116 valence electrons. The number of rotatable bonds is 8. The molecule has 0 saturated heterocycles. The van der Waals surface area contributed by atoms with Crippen molar-refractivity contribution in [3.63, 3.8) is 0 Å². The molecule has 0 bridgehead atoms. The molecule has 1 rings (SSSR count). The van der Waals surface area contributed by atoms with Crippen molar-refractivity contribution in [1.29, 1.82) is 0 Å². The van der Waals surface area contributed by atoms with Crippen molar-refractivity contribution < 1.29 is 19.1 Å². The van der Waals surface area contributed by atoms with Gasteiger partial charge in [-0.25, -0.2) is 4.79 Å². The molecule has 0 aliphatic carbocycles. The number of primary amides is 1. The van der Waals surface area contributed by atoms with E-state index in [2.05, 4.69) is 5.32 Å². The molecule has 0 heterocycles. The van der Waals surface area contributed by atoms with E-state index in [1.807, 2.05) is 30.3 Å². The van der Waals surface area contributed by atoms with E-state index in [1.165, 1.54) is 0 Å². The number of nitrogens with two attached hydrogens (primary N) is 2. The van der Waals surface area contributed by atoms with E-state index < -0.39 is 18.2 Å². The van der Waals surface area contributed by atoms with E-state index in [0.717, 1.165) is 5.56 Å². The number of amides is 2. The Morgan fingerprint density at radius 2 is 1.95 bits per heavy atom. The van der Waals surface area contributed by atoms with Crippen LogP contribution >= 0.6 is 0 Å². The quantitative estimate of drug-likeness (QED) is 0.481. The fraction of sp³-hybridized carbons (Fsp3) is 0.429. The molecule has 0 spiro atoms. The molecule has 1 aromatic rings. The summed E-state index contributed by atoms with van der Waals surface area (Å²) < 4.78 is 10.3. The molecule has 7 heteroatoms. The molecule has 0 aliphatic rings. The number of ether oxygens (including phenoxy) is 2. The van der Waals surface area contributed by atoms with Crippen molar-refractivity contribution in [2.75, 3.05) is 13.3 Å². The van der Waals surface area contributed by atoms with Crippen LogP contribution in [-0.2, 0) is 14.3 Å². The van der Waals surface area contributed by atoms with Gasteiger partial charge in [0.15, 0.2) is 0 Å². The summed E-state index contributed by atoms with van der Waals surface area (Å²) in [5, 5.41) is 2.52. The lowest BCUT2D eigenvalue weighted by molar-refractivity contribution is -0.123. The van der Waals surface area contributed by atoms with E-state index in [1.54, 1.807) is 6.92 Å². The van der Waals surface area contributed by atoms with Gasteiger partial charge in [-0.3, -0.25) is 4.79 Å². The molecular formula is C14H21N3O4. The first-order chi connectivity index (χ1) is 10.0. The highest BCUT2D eigenvalue weighted by Gasteiger charge is 2.15. The summed E-state index contributed by atoms with van der Waals surface area (Å²) in [6.07, 6.45) is -0.886. The SMILES string of the molecule is CC(N)C(=O)NCOCC[C@H](OC(N)=O)c1ccccc1. The molecular weight excluding hydrogens is 274 g/mol. The van der Waals surface area contributed by atoms with Gasteiger partial charge >= 0.3 is 6.09 Å². The second-order valence-corrected chi connectivity index (χ2v) is 4.51. The van der Waals surface area contributed by atoms with E-state index in [4.69, 9.17) is 20.9 Å². The van der Waals surface area contributed by atoms with Gasteiger partial charge in [0.05, 0.1) is 12.6 Å². The molecule has 0 radical (unpaired) electrons. The van der Waals surface area contributed by atoms with E-state index >= 15 is 0 Å². The van der Waals surface area contributed by atoms with Crippen molar-refractivity contribution in [1.82, 2.24) is 5.32 Å². The van der Waals surface area contributed by atoms with Crippen LogP contribution in [0.15, 0.2) is 30.3 Å². The summed E-state index contributed by atoms with van der Waals surface area (Å²) >= 11 is 0. The number of hydrogen-bond donors (Lipinski definition) is 3. The van der Waals surface area contributed by atoms with Crippen LogP contribution in [0.25, 0.3) is 0 Å². The standard InChI is InChI=1S/C14H21N3O4/c1-10(15)13(18)17-9-20-8-7-12(21-14(16)19)11-5-3-2-4-6-11/h2-6,10,12H,7-9,15H2,1H3,(H2,16,19)(H,17,18)/t10?,12-/m0/s1. The van der Waals surface area contributed by atoms with Gasteiger partial charge in [-0.1, -0.05) is 30.3 Å². The maximum absolute atomic E-state index is 11.2. The highest BCUT2D eigenvalue weighted by Crippen LogP contribution is 2.20. The Kier molecular flexibility index (Phi) is 7.20. The maximum atomic E-state index is 11.2. The Morgan fingerprint density at radius 1 is 1.29 bits per heavy atom. The molecule has 2 amide bonds. The molecule has 0 aromatic heterocycles. The molecule has 5 N–H and O–H groups in total. The fourth-order valence-electron chi connectivity index (χ4n) is 1.65. The summed E-state index contributed by atoms with van der Waals surface area (Å²) in [5.74, 6) is -0.289. The number of carbonyl (C=O) groups excluding carboxylic acids is 2. The number of hydrogen-bond acceptors (Lipinski definition) is 5. The summed E-state index contributed by atoms with van der Waals surface area (Å²) in [7, 11) is 0. The smallest absolute Gasteiger partial charge is 0.405 e. The molecule has 21 heavy (non-hydrogen) atoms. The van der Waals surface area contributed by atoms with Gasteiger partial charge in [0.1, 0.15) is 12.8 Å². The Labute approximate surface area is 123 Å². The number of carbonyl (C=O) groups is 2. The summed E-state index contributed by atoms with van der Waals surface area (Å²) in [6.45, 7) is 1.94. The molecule has 1 aromatic carbocycles. The van der Waals surface area contributed by atoms with Crippen LogP contribution in [0.5, 0.6) is 0 Å². The second kappa shape index (κ2) is 8.93. The first-order valence-electron chi connectivity index (χ1n) is 6.62. The molecule has 2 atom stereocenters. The van der Waals surface area contributed by atoms with Crippen molar-refractivity contribution >= 4 is 12.0 Å². The normalized spacial score (nSPS) is 13.2. The van der Waals surface area contributed by atoms with Crippen molar-refractivity contribution in [3.05, 3.63) is 35.9 Å². The lowest BCUT2D eigenvalue weighted by atomic mass is 10.1. The van der Waals surface area contributed by atoms with Gasteiger partial charge in [0.2, 0.25) is 5.91 Å². The summed E-state index contributed by atoms with van der Waals surface area (Å²) in [5.41, 5.74) is 11.3. The predicted molar refractivity (Wildman–Crippen MR) is 77.1 cm³/mol. The molecule has 1 unspecified atom stereocenters. The van der Waals surface area contributed by atoms with Crippen LogP contribution in [-0.4, -0.2) is 31.4 Å². The topological polar surface area (TPSA) is 117 Å². The summed E-state index contributed by atoms with van der Waals surface area (Å²) in [6, 6.07) is 8.65. The zero-order valence-electron chi connectivity index (χ0n) is 12.0. The third-order valence-corrected chi connectivity index (χ3v) is 2.72. The third-order valence-electron chi connectivity index (χ3n) is 2.72. The molecule has 0 aliphatic heterocycles. The largest absolute Gasteiger partial charge is 0.441 e. The van der Waals surface area contributed by atoms with Crippen molar-refractivity contribution in [3.8, 4) is 0 Å². The van der Waals surface area contributed by atoms with Crippen LogP contribution < -0.4 is 16.8 Å². The van der Waals surface area contributed by atoms with Crippen LogP contribution in [0.4, 0.5) is 4.79 Å². The fourth-order valence-corrected chi connectivity index (χ4v) is 1.65. The number of benzene rings is 1. The first kappa shape index (κ1) is 16.9. The monoisotopic (exact) mass is 295 g/mol. The average Bonchev–Trinajstić information content (AvgIpc) is 2.45. The van der Waals surface area contributed by atoms with Gasteiger partial charge in [-0.05, 0) is 12.5 Å². The summed E-state index contributed by atoms with van der Waals surface area (Å²) in [4.78, 5) is 22.1. The third kappa shape index (κ3) is 6.73. The molecule has 7 nitrogen and oxygen atoms in total. The first-order valence-corrected chi connectivity index (χ1v) is 6.62. The predicted octanol–water partition coefficient (Wildman–Crippen LogP) is 0.651. The van der Waals surface area contributed by atoms with Gasteiger partial charge in [-0.2, -0.15) is 0 Å². The molecule has 0 saturated carbocycles. The minimum Gasteiger partial charge on any atom is -0.441 e. The second-order valence-electron chi connectivity index (χ2n) is 4.51. The van der Waals surface area contributed by atoms with E-state index in [-0.39, 0.29) is 12.6 Å². The van der Waals surface area contributed by atoms with Crippen LogP contribution in [0.2, 0.25) is 0 Å². The van der Waals surface area contributed by atoms with Gasteiger partial charge in [0, 0.05) is 6.42 Å². The Hall–Kier alpha value is -2.12. The Bertz CT molecular complexity index is 451. The Balaban J connectivity index is 2.37. The Morgan fingerprint density at radius 3 is 2.52 bits per heavy atom. The lowest BCUT2D eigenvalue weighted by Gasteiger charge is -2.17.